The lowest BCUT2D eigenvalue weighted by atomic mass is 9.95. The largest absolute Gasteiger partial charge is 0.459 e. The van der Waals surface area contributed by atoms with Crippen molar-refractivity contribution in [2.24, 2.45) is 0 Å². The van der Waals surface area contributed by atoms with Gasteiger partial charge in [-0.2, -0.15) is 0 Å². The van der Waals surface area contributed by atoms with Gasteiger partial charge in [-0.3, -0.25) is 9.36 Å². The van der Waals surface area contributed by atoms with Gasteiger partial charge in [-0.15, -0.1) is 21.5 Å². The van der Waals surface area contributed by atoms with Crippen molar-refractivity contribution in [1.29, 1.82) is 0 Å². The Hall–Kier alpha value is -2.65. The normalized spacial score (nSPS) is 13.1. The summed E-state index contributed by atoms with van der Waals surface area (Å²) in [5, 5.41) is 12.3. The van der Waals surface area contributed by atoms with Crippen LogP contribution < -0.4 is 5.32 Å². The van der Waals surface area contributed by atoms with Crippen LogP contribution in [0, 0.1) is 0 Å². The summed E-state index contributed by atoms with van der Waals surface area (Å²) in [5.41, 5.74) is 2.49. The van der Waals surface area contributed by atoms with E-state index >= 15 is 0 Å². The first-order valence-electron chi connectivity index (χ1n) is 10.3. The molecule has 0 atom stereocenters. The molecule has 0 unspecified atom stereocenters. The Morgan fingerprint density at radius 1 is 1.23 bits per heavy atom. The van der Waals surface area contributed by atoms with Crippen molar-refractivity contribution in [2.75, 3.05) is 11.1 Å². The Morgan fingerprint density at radius 2 is 2.00 bits per heavy atom. The van der Waals surface area contributed by atoms with Crippen LogP contribution in [0.1, 0.15) is 47.5 Å². The summed E-state index contributed by atoms with van der Waals surface area (Å²) >= 11 is 2.80. The van der Waals surface area contributed by atoms with E-state index in [0.29, 0.717) is 15.7 Å². The number of thiophene rings is 1. The van der Waals surface area contributed by atoms with Crippen LogP contribution in [0.25, 0.3) is 5.69 Å². The summed E-state index contributed by atoms with van der Waals surface area (Å²) in [6.07, 6.45) is 5.35. The molecule has 9 heteroatoms. The molecule has 0 saturated carbocycles. The van der Waals surface area contributed by atoms with Crippen molar-refractivity contribution in [2.45, 2.75) is 50.8 Å². The smallest absolute Gasteiger partial charge is 0.341 e. The standard InChI is InChI=1S/C22H24N4O3S2/c1-14(2)29-21(28)19-16-10-6-7-11-17(16)31-20(19)24-18(27)12-30-22-25-23-13-26(22)15-8-4-3-5-9-15/h3-5,8-9,13-14H,6-7,10-12H2,1-2H3,(H,24,27). The number of anilines is 1. The van der Waals surface area contributed by atoms with Crippen molar-refractivity contribution in [1.82, 2.24) is 14.8 Å². The number of benzene rings is 1. The maximum atomic E-state index is 12.7. The molecule has 0 spiro atoms. The van der Waals surface area contributed by atoms with Gasteiger partial charge >= 0.3 is 5.97 Å². The number of rotatable bonds is 7. The topological polar surface area (TPSA) is 86.1 Å². The van der Waals surface area contributed by atoms with Crippen molar-refractivity contribution >= 4 is 40.0 Å². The Balaban J connectivity index is 1.48. The molecular formula is C22H24N4O3S2. The number of para-hydroxylation sites is 1. The van der Waals surface area contributed by atoms with Gasteiger partial charge in [0, 0.05) is 10.6 Å². The van der Waals surface area contributed by atoms with Gasteiger partial charge in [0.05, 0.1) is 17.4 Å². The third-order valence-corrected chi connectivity index (χ3v) is 7.00. The molecule has 0 saturated heterocycles. The molecule has 7 nitrogen and oxygen atoms in total. The quantitative estimate of drug-likeness (QED) is 0.416. The molecule has 3 aromatic rings. The molecule has 1 aliphatic carbocycles. The van der Waals surface area contributed by atoms with Gasteiger partial charge in [0.2, 0.25) is 5.91 Å². The SMILES string of the molecule is CC(C)OC(=O)c1c(NC(=O)CSc2nncn2-c2ccccc2)sc2c1CCCC2. The highest BCUT2D eigenvalue weighted by Crippen LogP contribution is 2.39. The molecule has 0 bridgehead atoms. The van der Waals surface area contributed by atoms with E-state index in [1.54, 1.807) is 6.33 Å². The molecule has 0 aliphatic heterocycles. The van der Waals surface area contributed by atoms with Gasteiger partial charge in [-0.1, -0.05) is 30.0 Å². The molecule has 1 aromatic carbocycles. The summed E-state index contributed by atoms with van der Waals surface area (Å²) in [6.45, 7) is 3.66. The fourth-order valence-corrected chi connectivity index (χ4v) is 5.55. The maximum Gasteiger partial charge on any atom is 0.341 e. The number of nitrogens with one attached hydrogen (secondary N) is 1. The van der Waals surface area contributed by atoms with Crippen molar-refractivity contribution in [3.63, 3.8) is 0 Å². The minimum atomic E-state index is -0.360. The zero-order valence-corrected chi connectivity index (χ0v) is 19.1. The number of thioether (sulfide) groups is 1. The van der Waals surface area contributed by atoms with Crippen molar-refractivity contribution in [3.05, 3.63) is 52.7 Å². The number of nitrogens with zero attached hydrogens (tertiary/aromatic N) is 3. The van der Waals surface area contributed by atoms with E-state index in [1.807, 2.05) is 48.7 Å². The van der Waals surface area contributed by atoms with Gasteiger partial charge in [0.15, 0.2) is 5.16 Å². The van der Waals surface area contributed by atoms with E-state index < -0.39 is 0 Å². The number of carbonyl (C=O) groups excluding carboxylic acids is 2. The monoisotopic (exact) mass is 456 g/mol. The summed E-state index contributed by atoms with van der Waals surface area (Å²) in [7, 11) is 0. The zero-order valence-electron chi connectivity index (χ0n) is 17.5. The molecule has 0 radical (unpaired) electrons. The first kappa shape index (κ1) is 21.6. The highest BCUT2D eigenvalue weighted by molar-refractivity contribution is 7.99. The summed E-state index contributed by atoms with van der Waals surface area (Å²) < 4.78 is 7.30. The average Bonchev–Trinajstić information content (AvgIpc) is 3.36. The molecule has 2 heterocycles. The van der Waals surface area contributed by atoms with Crippen LogP contribution in [-0.2, 0) is 22.4 Å². The van der Waals surface area contributed by atoms with Crippen molar-refractivity contribution < 1.29 is 14.3 Å². The fourth-order valence-electron chi connectivity index (χ4n) is 3.52. The molecule has 31 heavy (non-hydrogen) atoms. The number of fused-ring (bicyclic) bond motifs is 1. The maximum absolute atomic E-state index is 12.7. The number of aromatic nitrogens is 3. The van der Waals surface area contributed by atoms with Crippen LogP contribution in [0.2, 0.25) is 0 Å². The number of hydrogen-bond donors (Lipinski definition) is 1. The summed E-state index contributed by atoms with van der Waals surface area (Å²) in [6, 6.07) is 9.73. The van der Waals surface area contributed by atoms with E-state index in [4.69, 9.17) is 4.74 Å². The lowest BCUT2D eigenvalue weighted by Gasteiger charge is -2.14. The number of amides is 1. The van der Waals surface area contributed by atoms with Crippen LogP contribution in [0.15, 0.2) is 41.8 Å². The minimum absolute atomic E-state index is 0.159. The Bertz CT molecular complexity index is 1080. The second kappa shape index (κ2) is 9.65. The Labute approximate surface area is 189 Å². The number of aryl methyl sites for hydroxylation is 1. The molecule has 2 aromatic heterocycles. The van der Waals surface area contributed by atoms with E-state index in [1.165, 1.54) is 28.0 Å². The highest BCUT2D eigenvalue weighted by atomic mass is 32.2. The van der Waals surface area contributed by atoms with Crippen LogP contribution >= 0.6 is 23.1 Å². The van der Waals surface area contributed by atoms with E-state index in [2.05, 4.69) is 15.5 Å². The van der Waals surface area contributed by atoms with Gasteiger partial charge in [-0.25, -0.2) is 4.79 Å². The van der Waals surface area contributed by atoms with E-state index in [0.717, 1.165) is 36.9 Å². The predicted octanol–water partition coefficient (Wildman–Crippen LogP) is 4.50. The van der Waals surface area contributed by atoms with Crippen LogP contribution in [-0.4, -0.2) is 38.5 Å². The molecule has 1 aliphatic rings. The zero-order chi connectivity index (χ0) is 21.8. The molecule has 162 valence electrons. The van der Waals surface area contributed by atoms with Gasteiger partial charge in [0.25, 0.3) is 0 Å². The first-order chi connectivity index (χ1) is 15.0. The number of esters is 1. The Kier molecular flexibility index (Phi) is 6.72. The molecule has 1 N–H and O–H groups in total. The van der Waals surface area contributed by atoms with E-state index in [-0.39, 0.29) is 23.7 Å². The van der Waals surface area contributed by atoms with Crippen LogP contribution in [0.4, 0.5) is 5.00 Å². The number of hydrogen-bond acceptors (Lipinski definition) is 7. The second-order valence-corrected chi connectivity index (χ2v) is 9.57. The molecular weight excluding hydrogens is 432 g/mol. The lowest BCUT2D eigenvalue weighted by molar-refractivity contribution is -0.113. The highest BCUT2D eigenvalue weighted by Gasteiger charge is 2.28. The number of ether oxygens (including phenoxy) is 1. The fraction of sp³-hybridized carbons (Fsp3) is 0.364. The van der Waals surface area contributed by atoms with Gasteiger partial charge < -0.3 is 10.1 Å². The van der Waals surface area contributed by atoms with Gasteiger partial charge in [0.1, 0.15) is 11.3 Å². The third-order valence-electron chi connectivity index (χ3n) is 4.85. The molecule has 4 rings (SSSR count). The molecule has 0 fully saturated rings. The summed E-state index contributed by atoms with van der Waals surface area (Å²) in [5.74, 6) is -0.391. The summed E-state index contributed by atoms with van der Waals surface area (Å²) in [4.78, 5) is 26.6. The lowest BCUT2D eigenvalue weighted by Crippen LogP contribution is -2.19. The minimum Gasteiger partial charge on any atom is -0.459 e. The Morgan fingerprint density at radius 3 is 2.77 bits per heavy atom. The van der Waals surface area contributed by atoms with Crippen LogP contribution in [0.5, 0.6) is 0 Å². The molecule has 1 amide bonds. The van der Waals surface area contributed by atoms with E-state index in [9.17, 15) is 9.59 Å². The number of carbonyl (C=O) groups is 2. The van der Waals surface area contributed by atoms with Crippen LogP contribution in [0.3, 0.4) is 0 Å². The van der Waals surface area contributed by atoms with Crippen molar-refractivity contribution in [3.8, 4) is 5.69 Å². The second-order valence-electron chi connectivity index (χ2n) is 7.53. The first-order valence-corrected chi connectivity index (χ1v) is 12.1. The predicted molar refractivity (Wildman–Crippen MR) is 122 cm³/mol. The third kappa shape index (κ3) is 4.99. The average molecular weight is 457 g/mol. The van der Waals surface area contributed by atoms with Gasteiger partial charge in [-0.05, 0) is 57.2 Å².